The van der Waals surface area contributed by atoms with Crippen LogP contribution in [0.15, 0.2) is 11.1 Å². The molecule has 1 saturated heterocycles. The number of hydrogen-bond acceptors (Lipinski definition) is 4. The van der Waals surface area contributed by atoms with E-state index in [1.807, 2.05) is 0 Å². The van der Waals surface area contributed by atoms with Crippen molar-refractivity contribution in [2.24, 2.45) is 0 Å². The van der Waals surface area contributed by atoms with Crippen LogP contribution < -0.4 is 10.5 Å². The van der Waals surface area contributed by atoms with Crippen LogP contribution in [0.5, 0.6) is 0 Å². The third kappa shape index (κ3) is 2.69. The highest BCUT2D eigenvalue weighted by Crippen LogP contribution is 2.23. The van der Waals surface area contributed by atoms with Crippen molar-refractivity contribution in [2.75, 3.05) is 31.1 Å². The molecule has 1 aromatic rings. The van der Waals surface area contributed by atoms with Gasteiger partial charge in [0.05, 0.1) is 6.33 Å². The molecule has 0 amide bonds. The van der Waals surface area contributed by atoms with E-state index in [9.17, 15) is 4.79 Å². The summed E-state index contributed by atoms with van der Waals surface area (Å²) >= 11 is 2.08. The minimum absolute atomic E-state index is 0.0492. The number of anilines is 1. The molecule has 6 heteroatoms. The van der Waals surface area contributed by atoms with Crippen LogP contribution in [-0.4, -0.2) is 47.1 Å². The average molecular weight is 362 g/mol. The van der Waals surface area contributed by atoms with Gasteiger partial charge in [0.1, 0.15) is 9.39 Å². The van der Waals surface area contributed by atoms with Gasteiger partial charge >= 0.3 is 0 Å². The Labute approximate surface area is 121 Å². The highest BCUT2D eigenvalue weighted by Gasteiger charge is 2.28. The van der Waals surface area contributed by atoms with Crippen molar-refractivity contribution in [3.8, 4) is 0 Å². The molecule has 1 fully saturated rings. The maximum absolute atomic E-state index is 11.6. The molecule has 0 bridgehead atoms. The molecular formula is C12H19IN4O. The monoisotopic (exact) mass is 362 g/mol. The Balaban J connectivity index is 2.13. The zero-order chi connectivity index (χ0) is 13.1. The van der Waals surface area contributed by atoms with E-state index < -0.39 is 0 Å². The number of likely N-dealkylation sites (N-methyl/N-ethyl adjacent to an activating group) is 1. The predicted octanol–water partition coefficient (Wildman–Crippen LogP) is 1.29. The Morgan fingerprint density at radius 3 is 2.94 bits per heavy atom. The molecule has 1 aliphatic heterocycles. The summed E-state index contributed by atoms with van der Waals surface area (Å²) in [6.45, 7) is 8.49. The summed E-state index contributed by atoms with van der Waals surface area (Å²) < 4.78 is 0.690. The van der Waals surface area contributed by atoms with Crippen molar-refractivity contribution in [3.63, 3.8) is 0 Å². The summed E-state index contributed by atoms with van der Waals surface area (Å²) in [7, 11) is 0. The zero-order valence-electron chi connectivity index (χ0n) is 10.8. The molecule has 0 spiro atoms. The van der Waals surface area contributed by atoms with Gasteiger partial charge in [-0.05, 0) is 42.1 Å². The molecule has 1 aliphatic rings. The Morgan fingerprint density at radius 1 is 1.56 bits per heavy atom. The minimum Gasteiger partial charge on any atom is -0.354 e. The first-order valence-electron chi connectivity index (χ1n) is 6.39. The lowest BCUT2D eigenvalue weighted by atomic mass is 10.2. The standard InChI is InChI=1S/C12H19IN4O/c1-3-16(4-2)9-5-6-17(7-9)11-10(13)12(18)15-8-14-11/h8-9H,3-7H2,1-2H3,(H,14,15,18). The number of nitrogens with one attached hydrogen (secondary N) is 1. The third-order valence-electron chi connectivity index (χ3n) is 3.57. The van der Waals surface area contributed by atoms with Gasteiger partial charge in [0.2, 0.25) is 0 Å². The van der Waals surface area contributed by atoms with Crippen molar-refractivity contribution in [1.29, 1.82) is 0 Å². The third-order valence-corrected chi connectivity index (χ3v) is 4.54. The summed E-state index contributed by atoms with van der Waals surface area (Å²) in [5, 5.41) is 0. The lowest BCUT2D eigenvalue weighted by Crippen LogP contribution is -2.37. The number of rotatable bonds is 4. The van der Waals surface area contributed by atoms with E-state index in [0.717, 1.165) is 38.4 Å². The second-order valence-electron chi connectivity index (χ2n) is 4.48. The van der Waals surface area contributed by atoms with E-state index in [1.165, 1.54) is 6.33 Å². The second kappa shape index (κ2) is 6.01. The van der Waals surface area contributed by atoms with Crippen molar-refractivity contribution >= 4 is 28.4 Å². The smallest absolute Gasteiger partial charge is 0.266 e. The van der Waals surface area contributed by atoms with Gasteiger partial charge in [-0.2, -0.15) is 0 Å². The van der Waals surface area contributed by atoms with Crippen LogP contribution in [0.2, 0.25) is 0 Å². The van der Waals surface area contributed by atoms with Crippen LogP contribution in [-0.2, 0) is 0 Å². The van der Waals surface area contributed by atoms with Gasteiger partial charge in [-0.3, -0.25) is 9.69 Å². The fraction of sp³-hybridized carbons (Fsp3) is 0.667. The number of nitrogens with zero attached hydrogens (tertiary/aromatic N) is 3. The maximum Gasteiger partial charge on any atom is 0.266 e. The van der Waals surface area contributed by atoms with Gasteiger partial charge in [-0.15, -0.1) is 0 Å². The fourth-order valence-electron chi connectivity index (χ4n) is 2.57. The van der Waals surface area contributed by atoms with Crippen molar-refractivity contribution < 1.29 is 0 Å². The second-order valence-corrected chi connectivity index (χ2v) is 5.56. The summed E-state index contributed by atoms with van der Waals surface area (Å²) in [5.74, 6) is 0.828. The molecule has 100 valence electrons. The summed E-state index contributed by atoms with van der Waals surface area (Å²) in [5.41, 5.74) is -0.0492. The van der Waals surface area contributed by atoms with Gasteiger partial charge < -0.3 is 9.88 Å². The van der Waals surface area contributed by atoms with E-state index >= 15 is 0 Å². The number of H-pyrrole nitrogens is 1. The zero-order valence-corrected chi connectivity index (χ0v) is 13.0. The molecule has 0 radical (unpaired) electrons. The molecule has 1 atom stereocenters. The molecule has 2 rings (SSSR count). The lowest BCUT2D eigenvalue weighted by Gasteiger charge is -2.26. The van der Waals surface area contributed by atoms with E-state index in [4.69, 9.17) is 0 Å². The van der Waals surface area contributed by atoms with Crippen LogP contribution in [0.3, 0.4) is 0 Å². The number of aromatic nitrogens is 2. The van der Waals surface area contributed by atoms with Crippen LogP contribution in [0.25, 0.3) is 0 Å². The summed E-state index contributed by atoms with van der Waals surface area (Å²) in [6.07, 6.45) is 2.64. The Hall–Kier alpha value is -0.630. The van der Waals surface area contributed by atoms with Gasteiger partial charge in [-0.25, -0.2) is 4.98 Å². The molecular weight excluding hydrogens is 343 g/mol. The first-order chi connectivity index (χ1) is 8.67. The quantitative estimate of drug-likeness (QED) is 0.821. The Bertz CT molecular complexity index is 458. The molecule has 18 heavy (non-hydrogen) atoms. The Morgan fingerprint density at radius 2 is 2.28 bits per heavy atom. The topological polar surface area (TPSA) is 52.2 Å². The number of halogens is 1. The van der Waals surface area contributed by atoms with Gasteiger partial charge in [0.15, 0.2) is 0 Å². The molecule has 1 N–H and O–H groups in total. The van der Waals surface area contributed by atoms with Crippen LogP contribution in [0.1, 0.15) is 20.3 Å². The van der Waals surface area contributed by atoms with Gasteiger partial charge in [0.25, 0.3) is 5.56 Å². The number of aromatic amines is 1. The highest BCUT2D eigenvalue weighted by molar-refractivity contribution is 14.1. The molecule has 1 aromatic heterocycles. The molecule has 2 heterocycles. The largest absolute Gasteiger partial charge is 0.354 e. The normalized spacial score (nSPS) is 19.8. The Kier molecular flexibility index (Phi) is 4.60. The molecule has 0 saturated carbocycles. The molecule has 0 aliphatic carbocycles. The van der Waals surface area contributed by atoms with E-state index in [-0.39, 0.29) is 5.56 Å². The fourth-order valence-corrected chi connectivity index (χ4v) is 3.20. The molecule has 1 unspecified atom stereocenters. The SMILES string of the molecule is CCN(CC)C1CCN(c2nc[nH]c(=O)c2I)C1. The van der Waals surface area contributed by atoms with Crippen LogP contribution in [0.4, 0.5) is 5.82 Å². The van der Waals surface area contributed by atoms with E-state index in [2.05, 4.69) is 56.2 Å². The lowest BCUT2D eigenvalue weighted by molar-refractivity contribution is 0.232. The van der Waals surface area contributed by atoms with E-state index in [1.54, 1.807) is 0 Å². The van der Waals surface area contributed by atoms with Crippen molar-refractivity contribution in [2.45, 2.75) is 26.3 Å². The van der Waals surface area contributed by atoms with Gasteiger partial charge in [-0.1, -0.05) is 13.8 Å². The number of hydrogen-bond donors (Lipinski definition) is 1. The highest BCUT2D eigenvalue weighted by atomic mass is 127. The predicted molar refractivity (Wildman–Crippen MR) is 81.1 cm³/mol. The van der Waals surface area contributed by atoms with Crippen molar-refractivity contribution in [3.05, 3.63) is 20.3 Å². The molecule has 5 nitrogen and oxygen atoms in total. The summed E-state index contributed by atoms with van der Waals surface area (Å²) in [6, 6.07) is 0.580. The van der Waals surface area contributed by atoms with Crippen LogP contribution in [0, 0.1) is 3.57 Å². The summed E-state index contributed by atoms with van der Waals surface area (Å²) in [4.78, 5) is 23.2. The first kappa shape index (κ1) is 13.8. The maximum atomic E-state index is 11.6. The molecule has 0 aromatic carbocycles. The van der Waals surface area contributed by atoms with Crippen molar-refractivity contribution in [1.82, 2.24) is 14.9 Å². The average Bonchev–Trinajstić information content (AvgIpc) is 2.84. The van der Waals surface area contributed by atoms with Crippen LogP contribution >= 0.6 is 22.6 Å². The van der Waals surface area contributed by atoms with Gasteiger partial charge in [0, 0.05) is 19.1 Å². The first-order valence-corrected chi connectivity index (χ1v) is 7.47. The van der Waals surface area contributed by atoms with E-state index in [0.29, 0.717) is 9.61 Å². The minimum atomic E-state index is -0.0492.